The van der Waals surface area contributed by atoms with Gasteiger partial charge in [0.1, 0.15) is 0 Å². The van der Waals surface area contributed by atoms with Crippen molar-refractivity contribution < 1.29 is 9.59 Å². The first kappa shape index (κ1) is 20.6. The molecule has 1 aliphatic carbocycles. The normalized spacial score (nSPS) is 14.5. The van der Waals surface area contributed by atoms with Gasteiger partial charge < -0.3 is 16.0 Å². The molecule has 0 saturated heterocycles. The second-order valence-electron chi connectivity index (χ2n) is 7.78. The monoisotopic (exact) mass is 414 g/mol. The molecule has 0 spiro atoms. The first-order valence-corrected chi connectivity index (χ1v) is 10.5. The Morgan fingerprint density at radius 1 is 0.903 bits per heavy atom. The number of aromatic nitrogens is 1. The van der Waals surface area contributed by atoms with Crippen molar-refractivity contribution in [2.24, 2.45) is 0 Å². The van der Waals surface area contributed by atoms with E-state index in [4.69, 9.17) is 0 Å². The Labute approximate surface area is 182 Å². The van der Waals surface area contributed by atoms with E-state index in [9.17, 15) is 9.59 Å². The quantitative estimate of drug-likeness (QED) is 0.543. The van der Waals surface area contributed by atoms with Gasteiger partial charge >= 0.3 is 6.03 Å². The fourth-order valence-corrected chi connectivity index (χ4v) is 3.97. The summed E-state index contributed by atoms with van der Waals surface area (Å²) >= 11 is 0. The van der Waals surface area contributed by atoms with Gasteiger partial charge in [-0.2, -0.15) is 0 Å². The number of anilines is 1. The number of rotatable bonds is 7. The highest BCUT2D eigenvalue weighted by Crippen LogP contribution is 2.35. The Morgan fingerprint density at radius 3 is 2.58 bits per heavy atom. The average Bonchev–Trinajstić information content (AvgIpc) is 3.20. The predicted molar refractivity (Wildman–Crippen MR) is 121 cm³/mol. The maximum absolute atomic E-state index is 12.5. The molecule has 6 heteroatoms. The van der Waals surface area contributed by atoms with Crippen molar-refractivity contribution in [3.63, 3.8) is 0 Å². The molecule has 3 amide bonds. The van der Waals surface area contributed by atoms with Crippen molar-refractivity contribution in [3.05, 3.63) is 95.3 Å². The van der Waals surface area contributed by atoms with Crippen LogP contribution in [0.3, 0.4) is 0 Å². The molecule has 158 valence electrons. The number of hydrogen-bond donors (Lipinski definition) is 3. The summed E-state index contributed by atoms with van der Waals surface area (Å²) in [5.74, 6) is 0.350. The predicted octanol–water partition coefficient (Wildman–Crippen LogP) is 4.14. The highest BCUT2D eigenvalue weighted by atomic mass is 16.2. The van der Waals surface area contributed by atoms with Gasteiger partial charge in [-0.15, -0.1) is 0 Å². The largest absolute Gasteiger partial charge is 0.352 e. The van der Waals surface area contributed by atoms with E-state index in [1.807, 2.05) is 42.5 Å². The molecule has 0 bridgehead atoms. The minimum atomic E-state index is -0.280. The molecule has 1 aromatic heterocycles. The number of nitrogens with zero attached hydrogens (tertiary/aromatic N) is 1. The molecule has 1 heterocycles. The fourth-order valence-electron chi connectivity index (χ4n) is 3.97. The molecule has 1 unspecified atom stereocenters. The molecular formula is C25H26N4O2. The first-order valence-electron chi connectivity index (χ1n) is 10.5. The van der Waals surface area contributed by atoms with Crippen molar-refractivity contribution >= 4 is 17.6 Å². The Kier molecular flexibility index (Phi) is 6.57. The van der Waals surface area contributed by atoms with Crippen LogP contribution in [0.5, 0.6) is 0 Å². The van der Waals surface area contributed by atoms with E-state index in [1.165, 1.54) is 11.1 Å². The van der Waals surface area contributed by atoms with E-state index < -0.39 is 0 Å². The molecule has 1 aliphatic rings. The summed E-state index contributed by atoms with van der Waals surface area (Å²) in [5, 5.41) is 8.66. The molecule has 0 saturated carbocycles. The van der Waals surface area contributed by atoms with Gasteiger partial charge in [0.2, 0.25) is 5.91 Å². The highest BCUT2D eigenvalue weighted by Gasteiger charge is 2.24. The lowest BCUT2D eigenvalue weighted by Gasteiger charge is -2.13. The Bertz CT molecular complexity index is 1050. The highest BCUT2D eigenvalue weighted by molar-refractivity contribution is 5.89. The molecule has 0 aliphatic heterocycles. The number of benzene rings is 2. The lowest BCUT2D eigenvalue weighted by Crippen LogP contribution is -2.28. The summed E-state index contributed by atoms with van der Waals surface area (Å²) < 4.78 is 0. The van der Waals surface area contributed by atoms with E-state index >= 15 is 0 Å². The van der Waals surface area contributed by atoms with Crippen molar-refractivity contribution in [2.45, 2.75) is 38.3 Å². The zero-order chi connectivity index (χ0) is 21.5. The summed E-state index contributed by atoms with van der Waals surface area (Å²) in [4.78, 5) is 28.6. The topological polar surface area (TPSA) is 83.1 Å². The van der Waals surface area contributed by atoms with Crippen molar-refractivity contribution in [1.82, 2.24) is 15.6 Å². The third kappa shape index (κ3) is 5.69. The maximum atomic E-state index is 12.5. The lowest BCUT2D eigenvalue weighted by atomic mass is 9.97. The molecular weight excluding hydrogens is 388 g/mol. The van der Waals surface area contributed by atoms with Gasteiger partial charge in [-0.25, -0.2) is 4.79 Å². The van der Waals surface area contributed by atoms with E-state index in [-0.39, 0.29) is 11.9 Å². The van der Waals surface area contributed by atoms with Gasteiger partial charge in [0.05, 0.1) is 0 Å². The van der Waals surface area contributed by atoms with Crippen LogP contribution in [-0.2, 0) is 24.3 Å². The van der Waals surface area contributed by atoms with Crippen LogP contribution < -0.4 is 16.0 Å². The van der Waals surface area contributed by atoms with Crippen molar-refractivity contribution in [1.29, 1.82) is 0 Å². The summed E-state index contributed by atoms with van der Waals surface area (Å²) in [6.45, 7) is 0.857. The van der Waals surface area contributed by atoms with Crippen LogP contribution in [0.15, 0.2) is 73.1 Å². The first-order chi connectivity index (χ1) is 15.2. The molecule has 0 fully saturated rings. The summed E-state index contributed by atoms with van der Waals surface area (Å²) in [6, 6.07) is 19.3. The zero-order valence-corrected chi connectivity index (χ0v) is 17.3. The van der Waals surface area contributed by atoms with Crippen LogP contribution >= 0.6 is 0 Å². The number of fused-ring (bicyclic) bond motifs is 1. The standard InChI is InChI=1S/C25H26N4O2/c30-24(15-21-9-8-20-5-1-2-7-23(20)21)27-17-19-4-3-6-22(14-19)29-25(31)28-16-18-10-12-26-13-11-18/h1-7,10-14,21H,8-9,15-17H2,(H,27,30)(H2,28,29,31). The number of aryl methyl sites for hydroxylation is 1. The molecule has 6 nitrogen and oxygen atoms in total. The Balaban J connectivity index is 1.25. The molecule has 4 rings (SSSR count). The second kappa shape index (κ2) is 9.89. The smallest absolute Gasteiger partial charge is 0.319 e. The minimum Gasteiger partial charge on any atom is -0.352 e. The Hall–Kier alpha value is -3.67. The minimum absolute atomic E-state index is 0.0511. The number of nitrogens with one attached hydrogen (secondary N) is 3. The summed E-state index contributed by atoms with van der Waals surface area (Å²) in [7, 11) is 0. The molecule has 1 atom stereocenters. The lowest BCUT2D eigenvalue weighted by molar-refractivity contribution is -0.121. The van der Waals surface area contributed by atoms with Gasteiger partial charge in [0.25, 0.3) is 0 Å². The number of hydrogen-bond acceptors (Lipinski definition) is 3. The van der Waals surface area contributed by atoms with Crippen LogP contribution in [0.2, 0.25) is 0 Å². The van der Waals surface area contributed by atoms with E-state index in [0.29, 0.717) is 31.1 Å². The zero-order valence-electron chi connectivity index (χ0n) is 17.3. The molecule has 3 aromatic rings. The van der Waals surface area contributed by atoms with Crippen molar-refractivity contribution in [3.8, 4) is 0 Å². The maximum Gasteiger partial charge on any atom is 0.319 e. The number of carbonyl (C=O) groups excluding carboxylic acids is 2. The van der Waals surface area contributed by atoms with Crippen LogP contribution in [0.1, 0.15) is 41.0 Å². The number of pyridine rings is 1. The number of urea groups is 1. The molecule has 3 N–H and O–H groups in total. The summed E-state index contributed by atoms with van der Waals surface area (Å²) in [5.41, 5.74) is 5.27. The number of carbonyl (C=O) groups is 2. The van der Waals surface area contributed by atoms with Crippen LogP contribution in [-0.4, -0.2) is 16.9 Å². The van der Waals surface area contributed by atoms with Crippen LogP contribution in [0.25, 0.3) is 0 Å². The fraction of sp³-hybridized carbons (Fsp3) is 0.240. The summed E-state index contributed by atoms with van der Waals surface area (Å²) in [6.07, 6.45) is 5.97. The van der Waals surface area contributed by atoms with Gasteiger partial charge in [0, 0.05) is 37.6 Å². The SMILES string of the molecule is O=C(CC1CCc2ccccc21)NCc1cccc(NC(=O)NCc2ccncc2)c1. The second-order valence-corrected chi connectivity index (χ2v) is 7.78. The van der Waals surface area contributed by atoms with Crippen molar-refractivity contribution in [2.75, 3.05) is 5.32 Å². The Morgan fingerprint density at radius 2 is 1.71 bits per heavy atom. The average molecular weight is 415 g/mol. The van der Waals surface area contributed by atoms with E-state index in [2.05, 4.69) is 39.1 Å². The third-order valence-corrected chi connectivity index (χ3v) is 5.57. The van der Waals surface area contributed by atoms with Crippen LogP contribution in [0.4, 0.5) is 10.5 Å². The molecule has 31 heavy (non-hydrogen) atoms. The third-order valence-electron chi connectivity index (χ3n) is 5.57. The number of amides is 3. The van der Waals surface area contributed by atoms with Gasteiger partial charge in [-0.05, 0) is 65.3 Å². The van der Waals surface area contributed by atoms with Gasteiger partial charge in [-0.1, -0.05) is 36.4 Å². The van der Waals surface area contributed by atoms with E-state index in [0.717, 1.165) is 24.0 Å². The van der Waals surface area contributed by atoms with E-state index in [1.54, 1.807) is 12.4 Å². The molecule has 0 radical (unpaired) electrons. The van der Waals surface area contributed by atoms with Gasteiger partial charge in [0.15, 0.2) is 0 Å². The van der Waals surface area contributed by atoms with Crippen LogP contribution in [0, 0.1) is 0 Å². The molecule has 2 aromatic carbocycles. The van der Waals surface area contributed by atoms with Gasteiger partial charge in [-0.3, -0.25) is 9.78 Å².